The molecular formula is C15H15FN4S. The predicted octanol–water partition coefficient (Wildman–Crippen LogP) is 3.94. The fraction of sp³-hybridized carbons (Fsp3) is 0.267. The minimum atomic E-state index is -0.344. The van der Waals surface area contributed by atoms with Gasteiger partial charge in [-0.25, -0.2) is 9.49 Å². The third-order valence-corrected chi connectivity index (χ3v) is 3.73. The fourth-order valence-corrected chi connectivity index (χ4v) is 2.51. The molecule has 2 aromatic rings. The Morgan fingerprint density at radius 2 is 2.24 bits per heavy atom. The second-order valence-corrected chi connectivity index (χ2v) is 5.34. The van der Waals surface area contributed by atoms with Gasteiger partial charge >= 0.3 is 0 Å². The quantitative estimate of drug-likeness (QED) is 0.530. The van der Waals surface area contributed by atoms with Gasteiger partial charge in [0.05, 0.1) is 5.56 Å². The maximum absolute atomic E-state index is 13.9. The zero-order chi connectivity index (χ0) is 14.7. The first kappa shape index (κ1) is 13.9. The van der Waals surface area contributed by atoms with Crippen LogP contribution in [0.3, 0.4) is 0 Å². The Kier molecular flexibility index (Phi) is 4.06. The van der Waals surface area contributed by atoms with E-state index in [1.54, 1.807) is 18.2 Å². The molecule has 0 spiro atoms. The van der Waals surface area contributed by atoms with Crippen molar-refractivity contribution in [1.29, 1.82) is 0 Å². The van der Waals surface area contributed by atoms with Crippen molar-refractivity contribution >= 4 is 18.4 Å². The van der Waals surface area contributed by atoms with Gasteiger partial charge in [-0.05, 0) is 49.5 Å². The number of hydrogen-bond donors (Lipinski definition) is 1. The Hall–Kier alpha value is -2.08. The van der Waals surface area contributed by atoms with E-state index < -0.39 is 0 Å². The Bertz CT molecular complexity index is 744. The molecule has 1 N–H and O–H groups in total. The van der Waals surface area contributed by atoms with Crippen LogP contribution in [0.5, 0.6) is 0 Å². The molecule has 0 saturated carbocycles. The molecule has 6 heteroatoms. The molecule has 1 heterocycles. The van der Waals surface area contributed by atoms with Crippen LogP contribution in [-0.4, -0.2) is 21.1 Å². The van der Waals surface area contributed by atoms with Gasteiger partial charge in [0, 0.05) is 6.21 Å². The summed E-state index contributed by atoms with van der Waals surface area (Å²) < 4.78 is 15.7. The summed E-state index contributed by atoms with van der Waals surface area (Å²) in [5.74, 6) is 0.435. The number of allylic oxidation sites excluding steroid dienone is 2. The molecule has 0 unspecified atom stereocenters. The van der Waals surface area contributed by atoms with Crippen LogP contribution < -0.4 is 0 Å². The highest BCUT2D eigenvalue weighted by Gasteiger charge is 2.13. The summed E-state index contributed by atoms with van der Waals surface area (Å²) in [7, 11) is 0. The van der Waals surface area contributed by atoms with Crippen LogP contribution in [0.15, 0.2) is 41.5 Å². The van der Waals surface area contributed by atoms with Gasteiger partial charge in [-0.3, -0.25) is 0 Å². The van der Waals surface area contributed by atoms with Crippen molar-refractivity contribution in [2.45, 2.75) is 19.3 Å². The van der Waals surface area contributed by atoms with Gasteiger partial charge in [0.1, 0.15) is 5.82 Å². The van der Waals surface area contributed by atoms with Crippen LogP contribution in [-0.2, 0) is 0 Å². The highest BCUT2D eigenvalue weighted by molar-refractivity contribution is 7.71. The van der Waals surface area contributed by atoms with Crippen molar-refractivity contribution in [1.82, 2.24) is 14.9 Å². The molecule has 108 valence electrons. The van der Waals surface area contributed by atoms with E-state index in [0.717, 1.165) is 19.3 Å². The zero-order valence-electron chi connectivity index (χ0n) is 11.4. The van der Waals surface area contributed by atoms with Crippen molar-refractivity contribution in [2.24, 2.45) is 11.0 Å². The average molecular weight is 302 g/mol. The average Bonchev–Trinajstić information content (AvgIpc) is 2.88. The maximum Gasteiger partial charge on any atom is 0.216 e. The lowest BCUT2D eigenvalue weighted by atomic mass is 9.96. The normalized spacial score (nSPS) is 18.4. The summed E-state index contributed by atoms with van der Waals surface area (Å²) in [5, 5.41) is 11.2. The summed E-state index contributed by atoms with van der Waals surface area (Å²) in [5.41, 5.74) is 0.380. The predicted molar refractivity (Wildman–Crippen MR) is 83.2 cm³/mol. The molecule has 1 aromatic carbocycles. The molecule has 0 radical (unpaired) electrons. The zero-order valence-corrected chi connectivity index (χ0v) is 12.2. The lowest BCUT2D eigenvalue weighted by Gasteiger charge is -2.12. The third-order valence-electron chi connectivity index (χ3n) is 3.47. The number of nitrogens with one attached hydrogen (secondary N) is 1. The first-order valence-corrected chi connectivity index (χ1v) is 7.28. The molecule has 0 saturated heterocycles. The van der Waals surface area contributed by atoms with E-state index in [9.17, 15) is 4.39 Å². The van der Waals surface area contributed by atoms with Crippen LogP contribution in [0.1, 0.15) is 19.3 Å². The molecule has 0 aliphatic heterocycles. The SMILES string of the molecule is Fc1ccccc1-c1n[nH]c(=S)n1/N=C\[C@@H]1CC=CCC1. The minimum absolute atomic E-state index is 0.344. The van der Waals surface area contributed by atoms with Crippen molar-refractivity contribution in [3.05, 3.63) is 47.0 Å². The van der Waals surface area contributed by atoms with Crippen LogP contribution in [0.4, 0.5) is 4.39 Å². The lowest BCUT2D eigenvalue weighted by Crippen LogP contribution is -2.06. The van der Waals surface area contributed by atoms with E-state index in [0.29, 0.717) is 22.1 Å². The van der Waals surface area contributed by atoms with Crippen LogP contribution in [0.2, 0.25) is 0 Å². The molecule has 21 heavy (non-hydrogen) atoms. The summed E-state index contributed by atoms with van der Waals surface area (Å²) in [6, 6.07) is 6.46. The highest BCUT2D eigenvalue weighted by atomic mass is 32.1. The standard InChI is InChI=1S/C15H15FN4S/c16-13-9-5-4-8-12(13)14-18-19-15(21)20(14)17-10-11-6-2-1-3-7-11/h1-2,4-5,8-11H,3,6-7H2,(H,19,21)/b17-10-/t11-/m1/s1. The number of nitrogens with zero attached hydrogens (tertiary/aromatic N) is 3. The van der Waals surface area contributed by atoms with Crippen molar-refractivity contribution < 1.29 is 4.39 Å². The Balaban J connectivity index is 1.94. The smallest absolute Gasteiger partial charge is 0.216 e. The number of aromatic nitrogens is 3. The number of benzene rings is 1. The van der Waals surface area contributed by atoms with E-state index in [1.807, 2.05) is 6.21 Å². The largest absolute Gasteiger partial charge is 0.250 e. The highest BCUT2D eigenvalue weighted by Crippen LogP contribution is 2.21. The summed E-state index contributed by atoms with van der Waals surface area (Å²) >= 11 is 5.18. The fourth-order valence-electron chi connectivity index (χ4n) is 2.33. The number of aromatic amines is 1. The van der Waals surface area contributed by atoms with Gasteiger partial charge in [-0.15, -0.1) is 0 Å². The molecule has 0 amide bonds. The van der Waals surface area contributed by atoms with Crippen molar-refractivity contribution in [3.63, 3.8) is 0 Å². The first-order valence-electron chi connectivity index (χ1n) is 6.87. The molecule has 0 fully saturated rings. The monoisotopic (exact) mass is 302 g/mol. The molecule has 1 aliphatic carbocycles. The van der Waals surface area contributed by atoms with Crippen molar-refractivity contribution in [2.75, 3.05) is 0 Å². The molecule has 1 aromatic heterocycles. The van der Waals surface area contributed by atoms with Gasteiger partial charge < -0.3 is 0 Å². The molecule has 1 aliphatic rings. The van der Waals surface area contributed by atoms with Gasteiger partial charge in [-0.1, -0.05) is 24.3 Å². The van der Waals surface area contributed by atoms with Gasteiger partial charge in [0.25, 0.3) is 0 Å². The molecular weight excluding hydrogens is 287 g/mol. The summed E-state index contributed by atoms with van der Waals surface area (Å²) in [6.45, 7) is 0. The second kappa shape index (κ2) is 6.13. The maximum atomic E-state index is 13.9. The molecule has 1 atom stereocenters. The number of H-pyrrole nitrogens is 1. The Morgan fingerprint density at radius 1 is 1.38 bits per heavy atom. The Labute approximate surface area is 127 Å². The molecule has 4 nitrogen and oxygen atoms in total. The van der Waals surface area contributed by atoms with Crippen molar-refractivity contribution in [3.8, 4) is 11.4 Å². The number of hydrogen-bond acceptors (Lipinski definition) is 3. The van der Waals surface area contributed by atoms with E-state index in [-0.39, 0.29) is 5.82 Å². The minimum Gasteiger partial charge on any atom is -0.250 e. The molecule has 3 rings (SSSR count). The topological polar surface area (TPSA) is 46.0 Å². The van der Waals surface area contributed by atoms with E-state index in [4.69, 9.17) is 12.2 Å². The van der Waals surface area contributed by atoms with E-state index in [1.165, 1.54) is 10.7 Å². The number of halogens is 1. The first-order chi connectivity index (χ1) is 10.3. The third kappa shape index (κ3) is 3.00. The van der Waals surface area contributed by atoms with Gasteiger partial charge in [0.2, 0.25) is 4.77 Å². The van der Waals surface area contributed by atoms with Crippen LogP contribution in [0, 0.1) is 16.5 Å². The van der Waals surface area contributed by atoms with Gasteiger partial charge in [0.15, 0.2) is 5.82 Å². The summed E-state index contributed by atoms with van der Waals surface area (Å²) in [4.78, 5) is 0. The number of rotatable bonds is 3. The molecule has 0 bridgehead atoms. The summed E-state index contributed by atoms with van der Waals surface area (Å²) in [6.07, 6.45) is 9.32. The lowest BCUT2D eigenvalue weighted by molar-refractivity contribution is 0.620. The Morgan fingerprint density at radius 3 is 3.00 bits per heavy atom. The van der Waals surface area contributed by atoms with E-state index in [2.05, 4.69) is 27.5 Å². The second-order valence-electron chi connectivity index (χ2n) is 4.95. The van der Waals surface area contributed by atoms with Crippen LogP contribution in [0.25, 0.3) is 11.4 Å². The van der Waals surface area contributed by atoms with Gasteiger partial charge in [-0.2, -0.15) is 14.9 Å². The van der Waals surface area contributed by atoms with E-state index >= 15 is 0 Å². The van der Waals surface area contributed by atoms with Crippen LogP contribution >= 0.6 is 12.2 Å².